The summed E-state index contributed by atoms with van der Waals surface area (Å²) in [7, 11) is 0. The largest absolute Gasteiger partial charge is 0.490 e. The number of nitrogens with one attached hydrogen (secondary N) is 1. The Morgan fingerprint density at radius 2 is 1.81 bits per heavy atom. The molecule has 0 bridgehead atoms. The number of rotatable bonds is 5. The summed E-state index contributed by atoms with van der Waals surface area (Å²) in [5.41, 5.74) is 0.803. The molecule has 144 valence electrons. The monoisotopic (exact) mass is 369 g/mol. The van der Waals surface area contributed by atoms with Crippen molar-refractivity contribution >= 4 is 11.7 Å². The molecule has 6 nitrogen and oxygen atoms in total. The normalized spacial score (nSPS) is 18.6. The maximum Gasteiger partial charge on any atom is 0.321 e. The standard InChI is InChI=1S/C21H27N3O3/c25-21(24-13-11-23(12-14-24)16-20-6-3-15-26-20)22-17-7-9-19(10-8-17)27-18-4-1-2-5-18/h3,6-10,15,18H,1-2,4-5,11-14,16H2,(H,22,25). The number of amides is 2. The van der Waals surface area contributed by atoms with Crippen molar-refractivity contribution in [2.24, 2.45) is 0 Å². The number of hydrogen-bond acceptors (Lipinski definition) is 4. The Hall–Kier alpha value is -2.47. The number of hydrogen-bond donors (Lipinski definition) is 1. The number of carbonyl (C=O) groups is 1. The molecule has 0 spiro atoms. The second kappa shape index (κ2) is 8.48. The summed E-state index contributed by atoms with van der Waals surface area (Å²) in [4.78, 5) is 16.7. The molecule has 1 saturated carbocycles. The highest BCUT2D eigenvalue weighted by Crippen LogP contribution is 2.25. The number of anilines is 1. The molecule has 1 saturated heterocycles. The fourth-order valence-electron chi connectivity index (χ4n) is 3.75. The van der Waals surface area contributed by atoms with Crippen LogP contribution in [-0.4, -0.2) is 48.1 Å². The first-order valence-corrected chi connectivity index (χ1v) is 9.84. The number of benzene rings is 1. The SMILES string of the molecule is O=C(Nc1ccc(OC2CCCC2)cc1)N1CCN(Cc2ccco2)CC1. The van der Waals surface area contributed by atoms with Crippen molar-refractivity contribution in [1.82, 2.24) is 9.80 Å². The third-order valence-electron chi connectivity index (χ3n) is 5.33. The van der Waals surface area contributed by atoms with E-state index >= 15 is 0 Å². The Labute approximate surface area is 160 Å². The number of nitrogens with zero attached hydrogens (tertiary/aromatic N) is 2. The number of carbonyl (C=O) groups excluding carboxylic acids is 1. The highest BCUT2D eigenvalue weighted by atomic mass is 16.5. The van der Waals surface area contributed by atoms with E-state index in [-0.39, 0.29) is 6.03 Å². The van der Waals surface area contributed by atoms with E-state index in [1.165, 1.54) is 12.8 Å². The fraction of sp³-hybridized carbons (Fsp3) is 0.476. The third-order valence-corrected chi connectivity index (χ3v) is 5.33. The summed E-state index contributed by atoms with van der Waals surface area (Å²) in [6.07, 6.45) is 6.85. The van der Waals surface area contributed by atoms with E-state index in [1.807, 2.05) is 41.3 Å². The van der Waals surface area contributed by atoms with Gasteiger partial charge in [0.25, 0.3) is 0 Å². The van der Waals surface area contributed by atoms with Crippen LogP contribution in [0.2, 0.25) is 0 Å². The Morgan fingerprint density at radius 1 is 1.07 bits per heavy atom. The van der Waals surface area contributed by atoms with Crippen LogP contribution >= 0.6 is 0 Å². The molecule has 1 N–H and O–H groups in total. The topological polar surface area (TPSA) is 58.0 Å². The van der Waals surface area contributed by atoms with Gasteiger partial charge in [0.1, 0.15) is 11.5 Å². The van der Waals surface area contributed by atoms with Crippen molar-refractivity contribution in [1.29, 1.82) is 0 Å². The van der Waals surface area contributed by atoms with Crippen LogP contribution in [-0.2, 0) is 6.54 Å². The molecule has 2 heterocycles. The van der Waals surface area contributed by atoms with E-state index in [4.69, 9.17) is 9.15 Å². The highest BCUT2D eigenvalue weighted by molar-refractivity contribution is 5.89. The van der Waals surface area contributed by atoms with Gasteiger partial charge in [-0.3, -0.25) is 4.90 Å². The number of ether oxygens (including phenoxy) is 1. The van der Waals surface area contributed by atoms with Gasteiger partial charge < -0.3 is 19.4 Å². The molecular weight excluding hydrogens is 342 g/mol. The van der Waals surface area contributed by atoms with E-state index in [0.717, 1.165) is 62.8 Å². The lowest BCUT2D eigenvalue weighted by Crippen LogP contribution is -2.49. The van der Waals surface area contributed by atoms with Crippen LogP contribution in [0.15, 0.2) is 47.1 Å². The molecule has 6 heteroatoms. The lowest BCUT2D eigenvalue weighted by Gasteiger charge is -2.34. The fourth-order valence-corrected chi connectivity index (χ4v) is 3.75. The smallest absolute Gasteiger partial charge is 0.321 e. The zero-order valence-corrected chi connectivity index (χ0v) is 15.6. The van der Waals surface area contributed by atoms with Crippen molar-refractivity contribution in [2.45, 2.75) is 38.3 Å². The minimum Gasteiger partial charge on any atom is -0.490 e. The van der Waals surface area contributed by atoms with Crippen molar-refractivity contribution in [2.75, 3.05) is 31.5 Å². The zero-order chi connectivity index (χ0) is 18.5. The van der Waals surface area contributed by atoms with Gasteiger partial charge >= 0.3 is 6.03 Å². The molecule has 1 aliphatic heterocycles. The first-order chi connectivity index (χ1) is 13.3. The molecule has 0 atom stereocenters. The second-order valence-corrected chi connectivity index (χ2v) is 7.32. The summed E-state index contributed by atoms with van der Waals surface area (Å²) >= 11 is 0. The zero-order valence-electron chi connectivity index (χ0n) is 15.6. The molecule has 0 radical (unpaired) electrons. The van der Waals surface area contributed by atoms with Crippen LogP contribution in [0.4, 0.5) is 10.5 Å². The van der Waals surface area contributed by atoms with Gasteiger partial charge in [0.2, 0.25) is 0 Å². The van der Waals surface area contributed by atoms with Crippen molar-refractivity contribution in [3.63, 3.8) is 0 Å². The first-order valence-electron chi connectivity index (χ1n) is 9.84. The highest BCUT2D eigenvalue weighted by Gasteiger charge is 2.22. The van der Waals surface area contributed by atoms with Crippen LogP contribution in [0, 0.1) is 0 Å². The summed E-state index contributed by atoms with van der Waals surface area (Å²) < 4.78 is 11.4. The molecular formula is C21H27N3O3. The van der Waals surface area contributed by atoms with Gasteiger partial charge in [-0.05, 0) is 62.1 Å². The molecule has 2 aliphatic rings. The van der Waals surface area contributed by atoms with Crippen molar-refractivity contribution in [3.05, 3.63) is 48.4 Å². The molecule has 2 fully saturated rings. The Kier molecular flexibility index (Phi) is 5.63. The predicted octanol–water partition coefficient (Wildman–Crippen LogP) is 3.95. The molecule has 2 aromatic rings. The van der Waals surface area contributed by atoms with E-state index in [9.17, 15) is 4.79 Å². The van der Waals surface area contributed by atoms with Gasteiger partial charge in [0.15, 0.2) is 0 Å². The molecule has 27 heavy (non-hydrogen) atoms. The van der Waals surface area contributed by atoms with Crippen LogP contribution in [0.3, 0.4) is 0 Å². The Bertz CT molecular complexity index is 716. The Balaban J connectivity index is 1.23. The summed E-state index contributed by atoms with van der Waals surface area (Å²) in [6, 6.07) is 11.6. The third kappa shape index (κ3) is 4.83. The molecule has 0 unspecified atom stereocenters. The van der Waals surface area contributed by atoms with E-state index < -0.39 is 0 Å². The van der Waals surface area contributed by atoms with Gasteiger partial charge in [0, 0.05) is 31.9 Å². The van der Waals surface area contributed by atoms with Crippen LogP contribution in [0.1, 0.15) is 31.4 Å². The molecule has 1 aliphatic carbocycles. The van der Waals surface area contributed by atoms with Crippen LogP contribution in [0.5, 0.6) is 5.75 Å². The Morgan fingerprint density at radius 3 is 2.48 bits per heavy atom. The van der Waals surface area contributed by atoms with Crippen molar-refractivity contribution < 1.29 is 13.9 Å². The average molecular weight is 369 g/mol. The van der Waals surface area contributed by atoms with Crippen molar-refractivity contribution in [3.8, 4) is 5.75 Å². The predicted molar refractivity (Wildman–Crippen MR) is 104 cm³/mol. The summed E-state index contributed by atoms with van der Waals surface area (Å²) in [5, 5.41) is 2.99. The van der Waals surface area contributed by atoms with Gasteiger partial charge in [-0.2, -0.15) is 0 Å². The van der Waals surface area contributed by atoms with Gasteiger partial charge in [-0.1, -0.05) is 0 Å². The summed E-state index contributed by atoms with van der Waals surface area (Å²) in [5.74, 6) is 1.85. The lowest BCUT2D eigenvalue weighted by atomic mass is 10.2. The quantitative estimate of drug-likeness (QED) is 0.867. The average Bonchev–Trinajstić information content (AvgIpc) is 3.38. The molecule has 1 aromatic carbocycles. The van der Waals surface area contributed by atoms with E-state index in [1.54, 1.807) is 6.26 Å². The molecule has 1 aromatic heterocycles. The summed E-state index contributed by atoms with van der Waals surface area (Å²) in [6.45, 7) is 3.93. The number of furan rings is 1. The molecule has 2 amide bonds. The van der Waals surface area contributed by atoms with E-state index in [2.05, 4.69) is 10.2 Å². The lowest BCUT2D eigenvalue weighted by molar-refractivity contribution is 0.137. The van der Waals surface area contributed by atoms with Crippen LogP contribution in [0.25, 0.3) is 0 Å². The minimum atomic E-state index is -0.0443. The van der Waals surface area contributed by atoms with Gasteiger partial charge in [-0.25, -0.2) is 4.79 Å². The second-order valence-electron chi connectivity index (χ2n) is 7.32. The maximum absolute atomic E-state index is 12.5. The first kappa shape index (κ1) is 17.9. The number of piperazine rings is 1. The minimum absolute atomic E-state index is 0.0443. The van der Waals surface area contributed by atoms with E-state index in [0.29, 0.717) is 6.10 Å². The maximum atomic E-state index is 12.5. The number of urea groups is 1. The van der Waals surface area contributed by atoms with Gasteiger partial charge in [-0.15, -0.1) is 0 Å². The van der Waals surface area contributed by atoms with Gasteiger partial charge in [0.05, 0.1) is 18.9 Å². The molecule has 4 rings (SSSR count). The van der Waals surface area contributed by atoms with Crippen LogP contribution < -0.4 is 10.1 Å².